The highest BCUT2D eigenvalue weighted by Gasteiger charge is 2.53. The van der Waals surface area contributed by atoms with Crippen molar-refractivity contribution in [3.63, 3.8) is 0 Å². The molecule has 0 bridgehead atoms. The molecule has 1 aromatic heterocycles. The molecule has 1 rings (SSSR count). The van der Waals surface area contributed by atoms with E-state index in [-0.39, 0.29) is 10.8 Å². The first-order valence-corrected chi connectivity index (χ1v) is 7.25. The van der Waals surface area contributed by atoms with Crippen molar-refractivity contribution in [1.82, 2.24) is 9.55 Å². The summed E-state index contributed by atoms with van der Waals surface area (Å²) in [7, 11) is -11.7. The van der Waals surface area contributed by atoms with Crippen LogP contribution >= 0.6 is 0 Å². The predicted molar refractivity (Wildman–Crippen MR) is 49.7 cm³/mol. The van der Waals surface area contributed by atoms with Crippen LogP contribution in [0.2, 0.25) is 0 Å². The minimum atomic E-state index is -6.07. The van der Waals surface area contributed by atoms with E-state index in [2.05, 4.69) is 4.98 Å². The van der Waals surface area contributed by atoms with Gasteiger partial charge < -0.3 is 4.57 Å². The zero-order chi connectivity index (χ0) is 16.1. The van der Waals surface area contributed by atoms with Gasteiger partial charge in [-0.3, -0.25) is 0 Å². The molecule has 0 aliphatic heterocycles. The first-order valence-electron chi connectivity index (χ1n) is 4.28. The number of aromatic nitrogens is 2. The molecule has 0 atom stereocenters. The summed E-state index contributed by atoms with van der Waals surface area (Å²) < 4.78 is 117. The van der Waals surface area contributed by atoms with Gasteiger partial charge in [0.15, 0.2) is 5.03 Å². The van der Waals surface area contributed by atoms with Gasteiger partial charge in [0.1, 0.15) is 0 Å². The van der Waals surface area contributed by atoms with Gasteiger partial charge >= 0.3 is 20.9 Å². The molecule has 0 fully saturated rings. The summed E-state index contributed by atoms with van der Waals surface area (Å²) in [5, 5.41) is -3.57. The summed E-state index contributed by atoms with van der Waals surface area (Å²) in [5.41, 5.74) is -11.6. The van der Waals surface area contributed by atoms with Gasteiger partial charge in [0, 0.05) is 7.05 Å². The van der Waals surface area contributed by atoms with Gasteiger partial charge in [-0.2, -0.15) is 26.3 Å². The average Bonchev–Trinajstić information content (AvgIpc) is 2.57. The van der Waals surface area contributed by atoms with Crippen molar-refractivity contribution in [2.45, 2.75) is 21.2 Å². The Morgan fingerprint density at radius 1 is 0.950 bits per heavy atom. The summed E-state index contributed by atoms with van der Waals surface area (Å²) >= 11 is 0. The van der Waals surface area contributed by atoms with Gasteiger partial charge in [0.05, 0.1) is 6.20 Å². The third-order valence-electron chi connectivity index (χ3n) is 2.03. The van der Waals surface area contributed by atoms with Crippen molar-refractivity contribution >= 4 is 19.7 Å². The molecule has 20 heavy (non-hydrogen) atoms. The fourth-order valence-corrected chi connectivity index (χ4v) is 2.89. The lowest BCUT2D eigenvalue weighted by Gasteiger charge is -2.10. The van der Waals surface area contributed by atoms with E-state index in [4.69, 9.17) is 0 Å². The van der Waals surface area contributed by atoms with Crippen LogP contribution < -0.4 is 0 Å². The Hall–Kier alpha value is -1.31. The fourth-order valence-electron chi connectivity index (χ4n) is 1.10. The first-order chi connectivity index (χ1) is 8.64. The van der Waals surface area contributed by atoms with Crippen molar-refractivity contribution in [2.75, 3.05) is 0 Å². The Morgan fingerprint density at radius 2 is 1.35 bits per heavy atom. The second kappa shape index (κ2) is 4.34. The number of rotatable bonds is 2. The standard InChI is InChI=1S/C6H4F6N2O4S2/c1-14-3(19(15,16)5(7,8)9)2-13-4(14)20(17,18)6(10,11)12/h2H,1H3. The van der Waals surface area contributed by atoms with Crippen molar-refractivity contribution < 1.29 is 43.2 Å². The molecule has 0 saturated heterocycles. The van der Waals surface area contributed by atoms with Crippen LogP contribution in [-0.2, 0) is 26.7 Å². The highest BCUT2D eigenvalue weighted by Crippen LogP contribution is 2.34. The maximum absolute atomic E-state index is 12.2. The van der Waals surface area contributed by atoms with Crippen LogP contribution in [0.15, 0.2) is 16.4 Å². The maximum Gasteiger partial charge on any atom is 0.504 e. The van der Waals surface area contributed by atoms with Crippen LogP contribution in [0, 0.1) is 0 Å². The van der Waals surface area contributed by atoms with Gasteiger partial charge in [0.25, 0.3) is 9.84 Å². The molecule has 0 aliphatic carbocycles. The number of halogens is 6. The van der Waals surface area contributed by atoms with Crippen LogP contribution in [0.3, 0.4) is 0 Å². The number of hydrogen-bond acceptors (Lipinski definition) is 5. The minimum Gasteiger partial charge on any atom is -0.308 e. The van der Waals surface area contributed by atoms with E-state index < -0.39 is 40.9 Å². The molecular formula is C6H4F6N2O4S2. The second-order valence-corrected chi connectivity index (χ2v) is 7.06. The van der Waals surface area contributed by atoms with E-state index in [9.17, 15) is 43.2 Å². The number of nitrogens with zero attached hydrogens (tertiary/aromatic N) is 2. The Kier molecular flexibility index (Phi) is 3.63. The van der Waals surface area contributed by atoms with Crippen molar-refractivity contribution in [1.29, 1.82) is 0 Å². The zero-order valence-corrected chi connectivity index (χ0v) is 10.8. The van der Waals surface area contributed by atoms with E-state index in [0.717, 1.165) is 0 Å². The molecule has 1 aromatic rings. The highest BCUT2D eigenvalue weighted by molar-refractivity contribution is 7.93. The largest absolute Gasteiger partial charge is 0.504 e. The summed E-state index contributed by atoms with van der Waals surface area (Å²) in [5.74, 6) is 0. The minimum absolute atomic E-state index is 0.110. The normalized spacial score (nSPS) is 14.6. The molecule has 0 aromatic carbocycles. The Labute approximate surface area is 107 Å². The summed E-state index contributed by atoms with van der Waals surface area (Å²) in [6.45, 7) is 0. The summed E-state index contributed by atoms with van der Waals surface area (Å²) in [6.07, 6.45) is -0.110. The predicted octanol–water partition coefficient (Wildman–Crippen LogP) is 1.01. The molecule has 6 nitrogen and oxygen atoms in total. The Balaban J connectivity index is 3.59. The van der Waals surface area contributed by atoms with E-state index in [1.165, 1.54) is 0 Å². The van der Waals surface area contributed by atoms with Crippen molar-refractivity contribution in [3.8, 4) is 0 Å². The van der Waals surface area contributed by atoms with Gasteiger partial charge in [-0.25, -0.2) is 21.8 Å². The molecule has 0 aliphatic rings. The van der Waals surface area contributed by atoms with Gasteiger partial charge in [-0.1, -0.05) is 0 Å². The van der Waals surface area contributed by atoms with Crippen LogP contribution in [0.4, 0.5) is 26.3 Å². The third kappa shape index (κ3) is 2.36. The molecule has 0 spiro atoms. The van der Waals surface area contributed by atoms with E-state index in [1.807, 2.05) is 0 Å². The highest BCUT2D eigenvalue weighted by atomic mass is 32.2. The number of imidazole rings is 1. The van der Waals surface area contributed by atoms with Crippen LogP contribution in [0.1, 0.15) is 0 Å². The smallest absolute Gasteiger partial charge is 0.308 e. The first kappa shape index (κ1) is 16.7. The molecule has 0 radical (unpaired) electrons. The Bertz CT molecular complexity index is 665. The maximum atomic E-state index is 12.2. The van der Waals surface area contributed by atoms with Crippen LogP contribution in [-0.4, -0.2) is 37.4 Å². The summed E-state index contributed by atoms with van der Waals surface area (Å²) in [4.78, 5) is 2.61. The van der Waals surface area contributed by atoms with Crippen molar-refractivity contribution in [2.24, 2.45) is 7.05 Å². The lowest BCUT2D eigenvalue weighted by molar-refractivity contribution is -0.0442. The number of hydrogen-bond donors (Lipinski definition) is 0. The molecule has 0 unspecified atom stereocenters. The lowest BCUT2D eigenvalue weighted by Crippen LogP contribution is -2.28. The molecule has 0 N–H and O–H groups in total. The quantitative estimate of drug-likeness (QED) is 0.746. The average molecular weight is 346 g/mol. The van der Waals surface area contributed by atoms with Gasteiger partial charge in [-0.15, -0.1) is 0 Å². The van der Waals surface area contributed by atoms with E-state index in [1.54, 1.807) is 0 Å². The third-order valence-corrected chi connectivity index (χ3v) is 5.04. The number of alkyl halides is 6. The van der Waals surface area contributed by atoms with E-state index >= 15 is 0 Å². The molecule has 0 amide bonds. The monoisotopic (exact) mass is 346 g/mol. The van der Waals surface area contributed by atoms with Crippen LogP contribution in [0.25, 0.3) is 0 Å². The lowest BCUT2D eigenvalue weighted by atomic mass is 10.9. The fraction of sp³-hybridized carbons (Fsp3) is 0.500. The Morgan fingerprint density at radius 3 is 1.70 bits per heavy atom. The molecule has 1 heterocycles. The van der Waals surface area contributed by atoms with Crippen molar-refractivity contribution in [3.05, 3.63) is 6.20 Å². The number of sulfone groups is 2. The van der Waals surface area contributed by atoms with Gasteiger partial charge in [-0.05, 0) is 0 Å². The van der Waals surface area contributed by atoms with Crippen LogP contribution in [0.5, 0.6) is 0 Å². The van der Waals surface area contributed by atoms with Gasteiger partial charge in [0.2, 0.25) is 5.16 Å². The molecule has 14 heteroatoms. The summed E-state index contributed by atoms with van der Waals surface area (Å²) in [6, 6.07) is 0. The van der Waals surface area contributed by atoms with E-state index in [0.29, 0.717) is 7.05 Å². The molecule has 116 valence electrons. The molecular weight excluding hydrogens is 342 g/mol. The zero-order valence-electron chi connectivity index (χ0n) is 9.19. The SMILES string of the molecule is Cn1c(S(=O)(=O)C(F)(F)F)cnc1S(=O)(=O)C(F)(F)F. The second-order valence-electron chi connectivity index (χ2n) is 3.34. The molecule has 0 saturated carbocycles. The topological polar surface area (TPSA) is 86.1 Å².